The van der Waals surface area contributed by atoms with Gasteiger partial charge in [0.15, 0.2) is 5.78 Å². The zero-order valence-corrected chi connectivity index (χ0v) is 6.79. The summed E-state index contributed by atoms with van der Waals surface area (Å²) < 4.78 is 0. The third-order valence-corrected chi connectivity index (χ3v) is 3.28. The zero-order valence-electron chi connectivity index (χ0n) is 6.79. The molecule has 2 aliphatic rings. The first-order valence-electron chi connectivity index (χ1n) is 4.43. The third kappa shape index (κ3) is 1.04. The molecule has 66 valence electrons. The van der Waals surface area contributed by atoms with Crippen molar-refractivity contribution >= 4 is 11.8 Å². The summed E-state index contributed by atoms with van der Waals surface area (Å²) in [5.74, 6) is -1.41. The molecule has 12 heavy (non-hydrogen) atoms. The highest BCUT2D eigenvalue weighted by Crippen LogP contribution is 2.48. The Morgan fingerprint density at radius 2 is 1.92 bits per heavy atom. The summed E-state index contributed by atoms with van der Waals surface area (Å²) in [4.78, 5) is 21.4. The van der Waals surface area contributed by atoms with E-state index in [0.717, 1.165) is 19.3 Å². The van der Waals surface area contributed by atoms with Crippen LogP contribution in [0, 0.1) is 17.8 Å². The van der Waals surface area contributed by atoms with Crippen LogP contribution in [0.5, 0.6) is 0 Å². The van der Waals surface area contributed by atoms with Crippen LogP contribution in [-0.2, 0) is 9.59 Å². The monoisotopic (exact) mass is 167 g/mol. The van der Waals surface area contributed by atoms with Crippen LogP contribution in [0.15, 0.2) is 0 Å². The second-order valence-corrected chi connectivity index (χ2v) is 3.93. The van der Waals surface area contributed by atoms with Gasteiger partial charge in [-0.1, -0.05) is 6.42 Å². The molecular formula is C9H11O3-. The van der Waals surface area contributed by atoms with Gasteiger partial charge in [-0.3, -0.25) is 4.79 Å². The third-order valence-electron chi connectivity index (χ3n) is 3.28. The Morgan fingerprint density at radius 3 is 2.33 bits per heavy atom. The van der Waals surface area contributed by atoms with Gasteiger partial charge in [-0.25, -0.2) is 0 Å². The molecule has 0 aliphatic heterocycles. The van der Waals surface area contributed by atoms with Crippen LogP contribution in [0.25, 0.3) is 0 Å². The van der Waals surface area contributed by atoms with E-state index < -0.39 is 11.8 Å². The molecule has 0 amide bonds. The maximum Gasteiger partial charge on any atom is 0.181 e. The zero-order chi connectivity index (χ0) is 8.72. The normalized spacial score (nSPS) is 38.5. The van der Waals surface area contributed by atoms with Crippen LogP contribution in [0.1, 0.15) is 25.7 Å². The van der Waals surface area contributed by atoms with Crippen molar-refractivity contribution in [3.8, 4) is 0 Å². The Balaban J connectivity index is 2.07. The molecule has 0 N–H and O–H groups in total. The van der Waals surface area contributed by atoms with Crippen molar-refractivity contribution in [3.63, 3.8) is 0 Å². The Labute approximate surface area is 70.8 Å². The molecule has 2 aliphatic carbocycles. The first-order chi connectivity index (χ1) is 5.68. The molecule has 0 aromatic heterocycles. The van der Waals surface area contributed by atoms with E-state index in [1.807, 2.05) is 0 Å². The van der Waals surface area contributed by atoms with Crippen LogP contribution < -0.4 is 5.11 Å². The minimum absolute atomic E-state index is 0.214. The van der Waals surface area contributed by atoms with E-state index in [1.165, 1.54) is 6.42 Å². The van der Waals surface area contributed by atoms with Crippen LogP contribution in [0.2, 0.25) is 0 Å². The lowest BCUT2D eigenvalue weighted by molar-refractivity contribution is -0.300. The van der Waals surface area contributed by atoms with E-state index in [0.29, 0.717) is 11.8 Å². The van der Waals surface area contributed by atoms with Gasteiger partial charge in [0.05, 0.1) is 0 Å². The maximum atomic E-state index is 11.1. The van der Waals surface area contributed by atoms with E-state index in [1.54, 1.807) is 0 Å². The number of fused-ring (bicyclic) bond motifs is 2. The Kier molecular flexibility index (Phi) is 1.67. The molecule has 0 aromatic rings. The van der Waals surface area contributed by atoms with Gasteiger partial charge < -0.3 is 9.90 Å². The lowest BCUT2D eigenvalue weighted by atomic mass is 9.86. The van der Waals surface area contributed by atoms with Gasteiger partial charge in [-0.15, -0.1) is 0 Å². The number of Topliss-reactive ketones (excluding diaryl/α,β-unsaturated/α-hetero) is 1. The summed E-state index contributed by atoms with van der Waals surface area (Å²) in [5, 5.41) is 10.3. The quantitative estimate of drug-likeness (QED) is 0.532. The number of carbonyl (C=O) groups excluding carboxylic acids is 2. The van der Waals surface area contributed by atoms with Crippen molar-refractivity contribution in [2.24, 2.45) is 17.8 Å². The summed E-state index contributed by atoms with van der Waals surface area (Å²) in [6.07, 6.45) is 4.07. The molecule has 3 nitrogen and oxygen atoms in total. The summed E-state index contributed by atoms with van der Waals surface area (Å²) in [6, 6.07) is 0. The molecule has 0 heterocycles. The van der Waals surface area contributed by atoms with Gasteiger partial charge in [0.1, 0.15) is 5.97 Å². The number of ketones is 1. The lowest BCUT2D eigenvalue weighted by Gasteiger charge is -2.20. The molecule has 3 atom stereocenters. The van der Waals surface area contributed by atoms with E-state index in [4.69, 9.17) is 0 Å². The highest BCUT2D eigenvalue weighted by molar-refractivity contribution is 6.32. The second kappa shape index (κ2) is 2.57. The maximum absolute atomic E-state index is 11.1. The molecule has 0 aromatic carbocycles. The van der Waals surface area contributed by atoms with Crippen molar-refractivity contribution < 1.29 is 14.7 Å². The smallest absolute Gasteiger partial charge is 0.181 e. The largest absolute Gasteiger partial charge is 0.542 e. The van der Waals surface area contributed by atoms with Gasteiger partial charge in [0.25, 0.3) is 0 Å². The Bertz CT molecular complexity index is 234. The Morgan fingerprint density at radius 1 is 1.17 bits per heavy atom. The van der Waals surface area contributed by atoms with Crippen LogP contribution in [0.3, 0.4) is 0 Å². The van der Waals surface area contributed by atoms with E-state index in [9.17, 15) is 14.7 Å². The minimum atomic E-state index is -1.49. The summed E-state index contributed by atoms with van der Waals surface area (Å²) in [5.41, 5.74) is 0. The molecular weight excluding hydrogens is 156 g/mol. The molecule has 2 bridgehead atoms. The number of carboxylic acids is 1. The fourth-order valence-electron chi connectivity index (χ4n) is 2.72. The van der Waals surface area contributed by atoms with Gasteiger partial charge in [0, 0.05) is 5.92 Å². The van der Waals surface area contributed by atoms with E-state index in [-0.39, 0.29) is 5.92 Å². The molecule has 2 saturated carbocycles. The number of carbonyl (C=O) groups is 2. The number of rotatable bonds is 2. The highest BCUT2D eigenvalue weighted by atomic mass is 16.4. The predicted octanol–water partition coefficient (Wildman–Crippen LogP) is -0.258. The number of carboxylic acid groups (broad SMARTS) is 1. The summed E-state index contributed by atoms with van der Waals surface area (Å²) in [6.45, 7) is 0. The van der Waals surface area contributed by atoms with Gasteiger partial charge in [-0.05, 0) is 31.1 Å². The van der Waals surface area contributed by atoms with Gasteiger partial charge >= 0.3 is 0 Å². The Hall–Kier alpha value is -0.860. The summed E-state index contributed by atoms with van der Waals surface area (Å²) in [7, 11) is 0. The first-order valence-corrected chi connectivity index (χ1v) is 4.43. The van der Waals surface area contributed by atoms with Crippen LogP contribution >= 0.6 is 0 Å². The van der Waals surface area contributed by atoms with Crippen molar-refractivity contribution in [1.29, 1.82) is 0 Å². The molecule has 0 spiro atoms. The molecule has 0 saturated heterocycles. The minimum Gasteiger partial charge on any atom is -0.542 e. The van der Waals surface area contributed by atoms with Gasteiger partial charge in [-0.2, -0.15) is 0 Å². The van der Waals surface area contributed by atoms with E-state index in [2.05, 4.69) is 0 Å². The number of aliphatic carboxylic acids is 1. The SMILES string of the molecule is O=C([O-])C(=O)C1CC2CCC1C2. The van der Waals surface area contributed by atoms with Crippen LogP contribution in [0.4, 0.5) is 0 Å². The number of hydrogen-bond acceptors (Lipinski definition) is 3. The van der Waals surface area contributed by atoms with Crippen molar-refractivity contribution in [2.75, 3.05) is 0 Å². The molecule has 0 radical (unpaired) electrons. The van der Waals surface area contributed by atoms with Crippen molar-refractivity contribution in [3.05, 3.63) is 0 Å². The predicted molar refractivity (Wildman–Crippen MR) is 39.0 cm³/mol. The number of hydrogen-bond donors (Lipinski definition) is 0. The van der Waals surface area contributed by atoms with Crippen molar-refractivity contribution in [2.45, 2.75) is 25.7 Å². The van der Waals surface area contributed by atoms with Gasteiger partial charge in [0.2, 0.25) is 0 Å². The highest BCUT2D eigenvalue weighted by Gasteiger charge is 2.42. The average molecular weight is 167 g/mol. The molecule has 3 unspecified atom stereocenters. The standard InChI is InChI=1S/C9H12O3/c10-8(9(11)12)7-4-5-1-2-6(7)3-5/h5-7H,1-4H2,(H,11,12)/p-1. The fourth-order valence-corrected chi connectivity index (χ4v) is 2.72. The van der Waals surface area contributed by atoms with E-state index >= 15 is 0 Å². The second-order valence-electron chi connectivity index (χ2n) is 3.93. The molecule has 2 fully saturated rings. The fraction of sp³-hybridized carbons (Fsp3) is 0.778. The molecule has 2 rings (SSSR count). The topological polar surface area (TPSA) is 57.2 Å². The molecule has 3 heteroatoms. The first kappa shape index (κ1) is 7.77. The lowest BCUT2D eigenvalue weighted by Crippen LogP contribution is -2.38. The van der Waals surface area contributed by atoms with Crippen molar-refractivity contribution in [1.82, 2.24) is 0 Å². The van der Waals surface area contributed by atoms with Crippen LogP contribution in [-0.4, -0.2) is 11.8 Å². The average Bonchev–Trinajstić information content (AvgIpc) is 2.62. The summed E-state index contributed by atoms with van der Waals surface area (Å²) >= 11 is 0.